The molecule has 0 bridgehead atoms. The molecule has 0 radical (unpaired) electrons. The van der Waals surface area contributed by atoms with Crippen molar-refractivity contribution < 1.29 is 13.2 Å². The van der Waals surface area contributed by atoms with E-state index in [1.165, 1.54) is 6.07 Å². The topological polar surface area (TPSA) is 88.2 Å². The van der Waals surface area contributed by atoms with E-state index < -0.39 is 10.0 Å². The van der Waals surface area contributed by atoms with Crippen molar-refractivity contribution in [1.82, 2.24) is 4.98 Å². The monoisotopic (exact) mass is 429 g/mol. The first-order valence-electron chi connectivity index (χ1n) is 8.92. The van der Waals surface area contributed by atoms with Gasteiger partial charge in [0.2, 0.25) is 5.91 Å². The lowest BCUT2D eigenvalue weighted by atomic mass is 10.1. The Hall–Kier alpha value is -2.90. The third-order valence-electron chi connectivity index (χ3n) is 4.24. The number of anilines is 2. The number of para-hydroxylation sites is 1. The van der Waals surface area contributed by atoms with Crippen LogP contribution in [0.5, 0.6) is 0 Å². The fraction of sp³-hybridized carbons (Fsp3) is 0.143. The fourth-order valence-electron chi connectivity index (χ4n) is 2.74. The minimum atomic E-state index is -3.87. The number of rotatable bonds is 7. The van der Waals surface area contributed by atoms with Crippen LogP contribution in [0.15, 0.2) is 71.9 Å². The number of amides is 1. The molecular weight excluding hydrogens is 410 g/mol. The highest BCUT2D eigenvalue weighted by Crippen LogP contribution is 2.27. The highest BCUT2D eigenvalue weighted by molar-refractivity contribution is 7.92. The lowest BCUT2D eigenvalue weighted by Crippen LogP contribution is -2.16. The molecule has 6 nitrogen and oxygen atoms in total. The fourth-order valence-corrected chi connectivity index (χ4v) is 4.33. The van der Waals surface area contributed by atoms with E-state index in [-0.39, 0.29) is 17.2 Å². The highest BCUT2D eigenvalue weighted by atomic mass is 35.5. The summed E-state index contributed by atoms with van der Waals surface area (Å²) in [5.74, 6) is -0.208. The summed E-state index contributed by atoms with van der Waals surface area (Å²) in [6, 6.07) is 15.1. The molecule has 0 unspecified atom stereocenters. The normalized spacial score (nSPS) is 11.1. The molecule has 3 rings (SSSR count). The van der Waals surface area contributed by atoms with Gasteiger partial charge in [0.25, 0.3) is 10.0 Å². The van der Waals surface area contributed by atoms with E-state index >= 15 is 0 Å². The number of carbonyl (C=O) groups excluding carboxylic acids is 1. The van der Waals surface area contributed by atoms with E-state index in [0.717, 1.165) is 5.56 Å². The second-order valence-corrected chi connectivity index (χ2v) is 8.53. The molecule has 3 aromatic rings. The minimum Gasteiger partial charge on any atom is -0.326 e. The third kappa shape index (κ3) is 5.56. The number of halogens is 1. The number of sulfonamides is 1. The molecule has 0 fully saturated rings. The third-order valence-corrected chi connectivity index (χ3v) is 6.08. The number of aryl methyl sites for hydroxylation is 2. The van der Waals surface area contributed by atoms with E-state index in [9.17, 15) is 13.2 Å². The Morgan fingerprint density at radius 3 is 2.62 bits per heavy atom. The molecule has 8 heteroatoms. The van der Waals surface area contributed by atoms with E-state index in [0.29, 0.717) is 28.4 Å². The van der Waals surface area contributed by atoms with Crippen LogP contribution in [-0.4, -0.2) is 19.3 Å². The number of carbonyl (C=O) groups is 1. The lowest BCUT2D eigenvalue weighted by Gasteiger charge is -2.13. The van der Waals surface area contributed by atoms with Crippen molar-refractivity contribution >= 4 is 38.9 Å². The maximum absolute atomic E-state index is 12.8. The van der Waals surface area contributed by atoms with Gasteiger partial charge in [-0.1, -0.05) is 35.9 Å². The molecule has 0 aliphatic heterocycles. The van der Waals surface area contributed by atoms with Gasteiger partial charge in [-0.25, -0.2) is 8.42 Å². The van der Waals surface area contributed by atoms with E-state index in [1.54, 1.807) is 55.7 Å². The number of pyridine rings is 1. The average Bonchev–Trinajstić information content (AvgIpc) is 2.70. The van der Waals surface area contributed by atoms with Crippen molar-refractivity contribution in [3.63, 3.8) is 0 Å². The van der Waals surface area contributed by atoms with Gasteiger partial charge in [0.15, 0.2) is 0 Å². The van der Waals surface area contributed by atoms with Crippen LogP contribution in [0.3, 0.4) is 0 Å². The Morgan fingerprint density at radius 1 is 1.10 bits per heavy atom. The zero-order valence-electron chi connectivity index (χ0n) is 15.7. The standard InChI is InChI=1S/C21H20ClN3O3S/c1-15-8-10-17(24-21(26)11-9-16-5-4-12-23-14-16)13-20(15)29(27,28)25-19-7-3-2-6-18(19)22/h2-8,10,12-14,25H,9,11H2,1H3,(H,24,26). The summed E-state index contributed by atoms with van der Waals surface area (Å²) in [6.07, 6.45) is 4.20. The Balaban J connectivity index is 1.73. The summed E-state index contributed by atoms with van der Waals surface area (Å²) >= 11 is 6.05. The highest BCUT2D eigenvalue weighted by Gasteiger charge is 2.19. The molecule has 150 valence electrons. The summed E-state index contributed by atoms with van der Waals surface area (Å²) in [5, 5.41) is 3.05. The second-order valence-electron chi connectivity index (χ2n) is 6.48. The van der Waals surface area contributed by atoms with Gasteiger partial charge in [-0.15, -0.1) is 0 Å². The first-order valence-corrected chi connectivity index (χ1v) is 10.8. The van der Waals surface area contributed by atoms with Crippen LogP contribution >= 0.6 is 11.6 Å². The van der Waals surface area contributed by atoms with Crippen molar-refractivity contribution in [3.8, 4) is 0 Å². The number of benzene rings is 2. The molecule has 1 aromatic heterocycles. The van der Waals surface area contributed by atoms with Gasteiger partial charge in [0, 0.05) is 24.5 Å². The van der Waals surface area contributed by atoms with Crippen LogP contribution in [0, 0.1) is 6.92 Å². The lowest BCUT2D eigenvalue weighted by molar-refractivity contribution is -0.116. The molecule has 29 heavy (non-hydrogen) atoms. The minimum absolute atomic E-state index is 0.0717. The first-order chi connectivity index (χ1) is 13.8. The van der Waals surface area contributed by atoms with E-state index in [4.69, 9.17) is 11.6 Å². The molecule has 1 amide bonds. The molecule has 1 heterocycles. The summed E-state index contributed by atoms with van der Waals surface area (Å²) in [4.78, 5) is 16.3. The van der Waals surface area contributed by atoms with Crippen molar-refractivity contribution in [1.29, 1.82) is 0 Å². The molecule has 0 spiro atoms. The Bertz CT molecular complexity index is 1120. The van der Waals surface area contributed by atoms with Crippen molar-refractivity contribution in [3.05, 3.63) is 83.1 Å². The molecule has 0 aliphatic carbocycles. The van der Waals surface area contributed by atoms with Crippen LogP contribution in [0.2, 0.25) is 5.02 Å². The van der Waals surface area contributed by atoms with Gasteiger partial charge in [-0.05, 0) is 54.8 Å². The van der Waals surface area contributed by atoms with Gasteiger partial charge in [-0.2, -0.15) is 0 Å². The molecule has 0 saturated carbocycles. The molecule has 2 aromatic carbocycles. The summed E-state index contributed by atoms with van der Waals surface area (Å²) in [6.45, 7) is 1.69. The molecule has 0 saturated heterocycles. The summed E-state index contributed by atoms with van der Waals surface area (Å²) < 4.78 is 28.2. The molecule has 2 N–H and O–H groups in total. The predicted molar refractivity (Wildman–Crippen MR) is 115 cm³/mol. The Labute approximate surface area is 175 Å². The molecule has 0 atom stereocenters. The van der Waals surface area contributed by atoms with E-state index in [1.807, 2.05) is 12.1 Å². The van der Waals surface area contributed by atoms with Crippen LogP contribution in [0.4, 0.5) is 11.4 Å². The predicted octanol–water partition coefficient (Wildman–Crippen LogP) is 4.42. The van der Waals surface area contributed by atoms with Gasteiger partial charge in [0.05, 0.1) is 15.6 Å². The largest absolute Gasteiger partial charge is 0.326 e. The molecular formula is C21H20ClN3O3S. The number of nitrogens with zero attached hydrogens (tertiary/aromatic N) is 1. The quantitative estimate of drug-likeness (QED) is 0.582. The summed E-state index contributed by atoms with van der Waals surface area (Å²) in [5.41, 5.74) is 2.21. The average molecular weight is 430 g/mol. The second kappa shape index (κ2) is 9.07. The molecule has 0 aliphatic rings. The first kappa shape index (κ1) is 20.8. The van der Waals surface area contributed by atoms with Crippen LogP contribution < -0.4 is 10.0 Å². The zero-order valence-corrected chi connectivity index (χ0v) is 17.3. The van der Waals surface area contributed by atoms with Crippen LogP contribution in [-0.2, 0) is 21.2 Å². The van der Waals surface area contributed by atoms with Crippen LogP contribution in [0.25, 0.3) is 0 Å². The number of hydrogen-bond donors (Lipinski definition) is 2. The van der Waals surface area contributed by atoms with Gasteiger partial charge < -0.3 is 5.32 Å². The van der Waals surface area contributed by atoms with Gasteiger partial charge in [-0.3, -0.25) is 14.5 Å². The SMILES string of the molecule is Cc1ccc(NC(=O)CCc2cccnc2)cc1S(=O)(=O)Nc1ccccc1Cl. The van der Waals surface area contributed by atoms with Gasteiger partial charge >= 0.3 is 0 Å². The smallest absolute Gasteiger partial charge is 0.262 e. The number of aromatic nitrogens is 1. The van der Waals surface area contributed by atoms with Crippen molar-refractivity contribution in [2.45, 2.75) is 24.7 Å². The van der Waals surface area contributed by atoms with Crippen molar-refractivity contribution in [2.24, 2.45) is 0 Å². The Kier molecular flexibility index (Phi) is 6.51. The number of hydrogen-bond acceptors (Lipinski definition) is 4. The maximum atomic E-state index is 12.8. The number of nitrogens with one attached hydrogen (secondary N) is 2. The maximum Gasteiger partial charge on any atom is 0.262 e. The summed E-state index contributed by atoms with van der Waals surface area (Å²) in [7, 11) is -3.87. The Morgan fingerprint density at radius 2 is 1.90 bits per heavy atom. The van der Waals surface area contributed by atoms with E-state index in [2.05, 4.69) is 15.0 Å². The van der Waals surface area contributed by atoms with Crippen molar-refractivity contribution in [2.75, 3.05) is 10.0 Å². The van der Waals surface area contributed by atoms with Crippen LogP contribution in [0.1, 0.15) is 17.5 Å². The zero-order chi connectivity index (χ0) is 20.9. The van der Waals surface area contributed by atoms with Gasteiger partial charge in [0.1, 0.15) is 0 Å².